The van der Waals surface area contributed by atoms with Crippen LogP contribution in [0.25, 0.3) is 5.69 Å². The lowest BCUT2D eigenvalue weighted by Gasteiger charge is -2.19. The van der Waals surface area contributed by atoms with Crippen molar-refractivity contribution in [3.8, 4) is 5.69 Å². The van der Waals surface area contributed by atoms with Crippen LogP contribution in [-0.2, 0) is 12.0 Å². The second kappa shape index (κ2) is 9.38. The van der Waals surface area contributed by atoms with Crippen LogP contribution >= 0.6 is 0 Å². The molecule has 3 N–H and O–H groups in total. The first-order valence-corrected chi connectivity index (χ1v) is 9.57. The van der Waals surface area contributed by atoms with E-state index >= 15 is 0 Å². The van der Waals surface area contributed by atoms with Crippen molar-refractivity contribution in [1.29, 1.82) is 0 Å². The Morgan fingerprint density at radius 1 is 1.24 bits per heavy atom. The molecule has 2 heterocycles. The first-order valence-electron chi connectivity index (χ1n) is 9.57. The monoisotopic (exact) mass is 399 g/mol. The molecule has 0 bridgehead atoms. The van der Waals surface area contributed by atoms with Crippen molar-refractivity contribution in [1.82, 2.24) is 20.4 Å². The van der Waals surface area contributed by atoms with E-state index in [4.69, 9.17) is 4.42 Å². The number of rotatable bonds is 8. The standard InChI is InChI=1S/C21H26FN5O2/c1-3-23-20(25-15-21(2,28)19-5-4-14-29-19)24-12-10-17-11-13-27(26-17)18-8-6-16(22)7-9-18/h4-9,11,13-14,28H,3,10,12,15H2,1-2H3,(H2,23,24,25). The van der Waals surface area contributed by atoms with E-state index in [-0.39, 0.29) is 12.4 Å². The van der Waals surface area contributed by atoms with Gasteiger partial charge in [-0.05, 0) is 56.3 Å². The van der Waals surface area contributed by atoms with E-state index in [1.807, 2.05) is 19.2 Å². The van der Waals surface area contributed by atoms with E-state index in [2.05, 4.69) is 20.7 Å². The fraction of sp³-hybridized carbons (Fsp3) is 0.333. The largest absolute Gasteiger partial charge is 0.466 e. The van der Waals surface area contributed by atoms with Gasteiger partial charge in [-0.15, -0.1) is 0 Å². The molecule has 3 aromatic rings. The summed E-state index contributed by atoms with van der Waals surface area (Å²) in [6, 6.07) is 11.6. The molecular weight excluding hydrogens is 373 g/mol. The van der Waals surface area contributed by atoms with Crippen LogP contribution in [0.1, 0.15) is 25.3 Å². The van der Waals surface area contributed by atoms with Crippen molar-refractivity contribution in [3.63, 3.8) is 0 Å². The minimum absolute atomic E-state index is 0.162. The minimum atomic E-state index is -1.18. The molecule has 0 spiro atoms. The Morgan fingerprint density at radius 2 is 2.03 bits per heavy atom. The Hall–Kier alpha value is -3.13. The van der Waals surface area contributed by atoms with Gasteiger partial charge < -0.3 is 20.2 Å². The summed E-state index contributed by atoms with van der Waals surface area (Å²) in [5.41, 5.74) is 0.528. The lowest BCUT2D eigenvalue weighted by molar-refractivity contribution is 0.0437. The Bertz CT molecular complexity index is 917. The molecule has 29 heavy (non-hydrogen) atoms. The maximum atomic E-state index is 13.1. The van der Waals surface area contributed by atoms with E-state index in [0.717, 1.165) is 11.4 Å². The number of hydrogen-bond donors (Lipinski definition) is 3. The number of furan rings is 1. The van der Waals surface area contributed by atoms with Gasteiger partial charge in [0.1, 0.15) is 17.2 Å². The SMILES string of the molecule is CCNC(=NCC(C)(O)c1ccco1)NCCc1ccn(-c2ccc(F)cc2)n1. The van der Waals surface area contributed by atoms with Crippen LogP contribution in [0, 0.1) is 5.82 Å². The van der Waals surface area contributed by atoms with Gasteiger partial charge in [0.15, 0.2) is 5.96 Å². The van der Waals surface area contributed by atoms with Crippen molar-refractivity contribution >= 4 is 5.96 Å². The number of aromatic nitrogens is 2. The summed E-state index contributed by atoms with van der Waals surface area (Å²) in [6.45, 7) is 5.13. The summed E-state index contributed by atoms with van der Waals surface area (Å²) < 4.78 is 20.1. The molecule has 2 aromatic heterocycles. The van der Waals surface area contributed by atoms with Gasteiger partial charge in [0, 0.05) is 25.7 Å². The minimum Gasteiger partial charge on any atom is -0.466 e. The molecule has 154 valence electrons. The molecule has 8 heteroatoms. The molecule has 0 radical (unpaired) electrons. The van der Waals surface area contributed by atoms with Crippen molar-refractivity contribution in [3.05, 3.63) is 72.2 Å². The maximum absolute atomic E-state index is 13.1. The number of guanidine groups is 1. The number of nitrogens with one attached hydrogen (secondary N) is 2. The zero-order chi connectivity index (χ0) is 20.7. The van der Waals surface area contributed by atoms with Crippen LogP contribution in [0.2, 0.25) is 0 Å². The van der Waals surface area contributed by atoms with Gasteiger partial charge in [0.05, 0.1) is 24.2 Å². The molecule has 1 atom stereocenters. The summed E-state index contributed by atoms with van der Waals surface area (Å²) in [5.74, 6) is 0.812. The van der Waals surface area contributed by atoms with E-state index < -0.39 is 5.60 Å². The predicted octanol–water partition coefficient (Wildman–Crippen LogP) is 2.61. The van der Waals surface area contributed by atoms with Crippen LogP contribution < -0.4 is 10.6 Å². The smallest absolute Gasteiger partial charge is 0.191 e. The van der Waals surface area contributed by atoms with E-state index in [1.165, 1.54) is 18.4 Å². The number of halogens is 1. The fourth-order valence-corrected chi connectivity index (χ4v) is 2.78. The average molecular weight is 399 g/mol. The summed E-state index contributed by atoms with van der Waals surface area (Å²) >= 11 is 0. The Morgan fingerprint density at radius 3 is 2.72 bits per heavy atom. The average Bonchev–Trinajstić information content (AvgIpc) is 3.39. The van der Waals surface area contributed by atoms with Gasteiger partial charge in [-0.3, -0.25) is 0 Å². The summed E-state index contributed by atoms with van der Waals surface area (Å²) in [7, 11) is 0. The fourth-order valence-electron chi connectivity index (χ4n) is 2.78. The van der Waals surface area contributed by atoms with Gasteiger partial charge in [0.25, 0.3) is 0 Å². The highest BCUT2D eigenvalue weighted by atomic mass is 19.1. The van der Waals surface area contributed by atoms with Crippen LogP contribution in [-0.4, -0.2) is 40.5 Å². The van der Waals surface area contributed by atoms with Crippen molar-refractivity contribution < 1.29 is 13.9 Å². The molecule has 0 aliphatic carbocycles. The van der Waals surface area contributed by atoms with Crippen molar-refractivity contribution in [2.45, 2.75) is 25.9 Å². The Balaban J connectivity index is 1.55. The van der Waals surface area contributed by atoms with Gasteiger partial charge in [-0.2, -0.15) is 5.10 Å². The summed E-state index contributed by atoms with van der Waals surface area (Å²) in [4.78, 5) is 4.46. The van der Waals surface area contributed by atoms with Gasteiger partial charge in [-0.25, -0.2) is 14.1 Å². The van der Waals surface area contributed by atoms with Crippen molar-refractivity contribution in [2.24, 2.45) is 4.99 Å². The first-order chi connectivity index (χ1) is 14.0. The second-order valence-electron chi connectivity index (χ2n) is 6.85. The molecule has 0 saturated heterocycles. The number of aliphatic hydroxyl groups is 1. The highest BCUT2D eigenvalue weighted by Crippen LogP contribution is 2.21. The lowest BCUT2D eigenvalue weighted by Crippen LogP contribution is -2.39. The van der Waals surface area contributed by atoms with E-state index in [9.17, 15) is 9.50 Å². The normalized spacial score (nSPS) is 13.9. The highest BCUT2D eigenvalue weighted by Gasteiger charge is 2.26. The number of hydrogen-bond acceptors (Lipinski definition) is 4. The Kier molecular flexibility index (Phi) is 6.66. The second-order valence-corrected chi connectivity index (χ2v) is 6.85. The molecule has 7 nitrogen and oxygen atoms in total. The van der Waals surface area contributed by atoms with E-state index in [1.54, 1.807) is 35.9 Å². The molecule has 0 fully saturated rings. The molecule has 0 amide bonds. The number of aliphatic imine (C=N–C) groups is 1. The molecule has 0 saturated carbocycles. The third kappa shape index (κ3) is 5.68. The van der Waals surface area contributed by atoms with Gasteiger partial charge in [0.2, 0.25) is 0 Å². The zero-order valence-corrected chi connectivity index (χ0v) is 16.6. The molecular formula is C21H26FN5O2. The summed E-state index contributed by atoms with van der Waals surface area (Å²) in [6.07, 6.45) is 4.07. The highest BCUT2D eigenvalue weighted by molar-refractivity contribution is 5.79. The van der Waals surface area contributed by atoms with Crippen LogP contribution in [0.15, 0.2) is 64.3 Å². The lowest BCUT2D eigenvalue weighted by atomic mass is 10.0. The number of nitrogens with zero attached hydrogens (tertiary/aromatic N) is 3. The molecule has 0 aliphatic heterocycles. The molecule has 1 unspecified atom stereocenters. The topological polar surface area (TPSA) is 87.6 Å². The maximum Gasteiger partial charge on any atom is 0.191 e. The van der Waals surface area contributed by atoms with E-state index in [0.29, 0.717) is 31.2 Å². The Labute approximate surface area is 169 Å². The van der Waals surface area contributed by atoms with Gasteiger partial charge in [-0.1, -0.05) is 0 Å². The quantitative estimate of drug-likeness (QED) is 0.400. The summed E-state index contributed by atoms with van der Waals surface area (Å²) in [5, 5.41) is 21.4. The molecule has 3 rings (SSSR count). The van der Waals surface area contributed by atoms with Crippen LogP contribution in [0.4, 0.5) is 4.39 Å². The molecule has 0 aliphatic rings. The van der Waals surface area contributed by atoms with Gasteiger partial charge >= 0.3 is 0 Å². The predicted molar refractivity (Wildman–Crippen MR) is 109 cm³/mol. The van der Waals surface area contributed by atoms with Crippen molar-refractivity contribution in [2.75, 3.05) is 19.6 Å². The zero-order valence-electron chi connectivity index (χ0n) is 16.6. The van der Waals surface area contributed by atoms with Crippen LogP contribution in [0.5, 0.6) is 0 Å². The molecule has 1 aromatic carbocycles. The van der Waals surface area contributed by atoms with Crippen LogP contribution in [0.3, 0.4) is 0 Å². The third-order valence-electron chi connectivity index (χ3n) is 4.35. The third-order valence-corrected chi connectivity index (χ3v) is 4.35. The first kappa shape index (κ1) is 20.6. The number of benzene rings is 1.